The highest BCUT2D eigenvalue weighted by molar-refractivity contribution is 6.34. The molecular weight excluding hydrogens is 477 g/mol. The van der Waals surface area contributed by atoms with Crippen molar-refractivity contribution in [3.63, 3.8) is 0 Å². The molecule has 2 aliphatic heterocycles. The average Bonchev–Trinajstić information content (AvgIpc) is 3.59. The van der Waals surface area contributed by atoms with E-state index >= 15 is 0 Å². The van der Waals surface area contributed by atoms with E-state index < -0.39 is 0 Å². The number of hydrogen-bond acceptors (Lipinski definition) is 9. The lowest BCUT2D eigenvalue weighted by Gasteiger charge is -2.50. The van der Waals surface area contributed by atoms with Crippen LogP contribution in [0.15, 0.2) is 18.3 Å². The van der Waals surface area contributed by atoms with Gasteiger partial charge in [0.1, 0.15) is 13.9 Å². The Balaban J connectivity index is 1.30. The van der Waals surface area contributed by atoms with Crippen LogP contribution in [0, 0.1) is 22.7 Å². The van der Waals surface area contributed by atoms with Gasteiger partial charge in [-0.1, -0.05) is 11.6 Å². The minimum absolute atomic E-state index is 0.196. The third kappa shape index (κ3) is 4.13. The van der Waals surface area contributed by atoms with Crippen LogP contribution >= 0.6 is 11.6 Å². The van der Waals surface area contributed by atoms with Crippen LogP contribution in [0.2, 0.25) is 5.02 Å². The molecule has 0 amide bonds. The van der Waals surface area contributed by atoms with Crippen LogP contribution < -0.4 is 10.6 Å². The molecule has 0 bridgehead atoms. The molecule has 2 radical (unpaired) electrons. The summed E-state index contributed by atoms with van der Waals surface area (Å²) in [5.74, 6) is 1.00. The van der Waals surface area contributed by atoms with Gasteiger partial charge in [0.25, 0.3) is 0 Å². The number of halogens is 1. The quantitative estimate of drug-likeness (QED) is 0.492. The molecule has 0 atom stereocenters. The summed E-state index contributed by atoms with van der Waals surface area (Å²) in [6, 6.07) is 8.25. The molecule has 1 aromatic carbocycles. The zero-order chi connectivity index (χ0) is 24.9. The number of nitrogens with one attached hydrogen (secondary N) is 2. The molecular formula is C24H23BClN9O. The van der Waals surface area contributed by atoms with E-state index in [1.807, 2.05) is 6.07 Å². The maximum Gasteiger partial charge on any atom is 0.247 e. The third-order valence-electron chi connectivity index (χ3n) is 7.14. The van der Waals surface area contributed by atoms with Gasteiger partial charge in [-0.05, 0) is 62.4 Å². The molecule has 1 saturated carbocycles. The molecule has 36 heavy (non-hydrogen) atoms. The number of piperidine rings is 1. The Morgan fingerprint density at radius 1 is 1.14 bits per heavy atom. The van der Waals surface area contributed by atoms with Crippen molar-refractivity contribution in [3.05, 3.63) is 40.2 Å². The fourth-order valence-electron chi connectivity index (χ4n) is 4.88. The maximum atomic E-state index is 9.71. The van der Waals surface area contributed by atoms with Gasteiger partial charge in [-0.2, -0.15) is 20.0 Å². The molecule has 180 valence electrons. The molecule has 6 rings (SSSR count). The number of nitriles is 2. The van der Waals surface area contributed by atoms with E-state index in [-0.39, 0.29) is 17.3 Å². The summed E-state index contributed by atoms with van der Waals surface area (Å²) in [7, 11) is 6.42. The first kappa shape index (κ1) is 23.0. The lowest BCUT2D eigenvalue weighted by molar-refractivity contribution is -0.0983. The van der Waals surface area contributed by atoms with Crippen molar-refractivity contribution in [3.8, 4) is 12.1 Å². The summed E-state index contributed by atoms with van der Waals surface area (Å²) < 4.78 is 6.79. The van der Waals surface area contributed by atoms with Crippen molar-refractivity contribution in [1.82, 2.24) is 24.5 Å². The molecule has 3 fully saturated rings. The van der Waals surface area contributed by atoms with E-state index in [9.17, 15) is 10.5 Å². The van der Waals surface area contributed by atoms with Gasteiger partial charge in [0.05, 0.1) is 41.8 Å². The van der Waals surface area contributed by atoms with Gasteiger partial charge in [0.2, 0.25) is 5.95 Å². The third-order valence-corrected chi connectivity index (χ3v) is 7.56. The van der Waals surface area contributed by atoms with Crippen molar-refractivity contribution in [2.24, 2.45) is 0 Å². The number of likely N-dealkylation sites (tertiary alicyclic amines) is 1. The van der Waals surface area contributed by atoms with Crippen molar-refractivity contribution >= 4 is 42.5 Å². The number of benzene rings is 1. The molecule has 3 aromatic rings. The number of hydrogen-bond donors (Lipinski definition) is 2. The molecule has 1 aliphatic carbocycles. The SMILES string of the molecule is [B]C1(N2CCC(c3cc(C#N)cc(Nc4nc(NC5CC5)c5ncc(C#N)n5n4)c3Cl)CC2)COC1. The van der Waals surface area contributed by atoms with Crippen molar-refractivity contribution in [1.29, 1.82) is 10.5 Å². The fraction of sp³-hybridized carbons (Fsp3) is 0.458. The first-order chi connectivity index (χ1) is 17.5. The monoisotopic (exact) mass is 499 g/mol. The molecule has 2 N–H and O–H groups in total. The predicted molar refractivity (Wildman–Crippen MR) is 134 cm³/mol. The van der Waals surface area contributed by atoms with Gasteiger partial charge < -0.3 is 20.3 Å². The van der Waals surface area contributed by atoms with Crippen LogP contribution in [0.25, 0.3) is 5.65 Å². The van der Waals surface area contributed by atoms with Crippen LogP contribution in [0.1, 0.15) is 48.4 Å². The zero-order valence-corrected chi connectivity index (χ0v) is 20.3. The number of anilines is 3. The van der Waals surface area contributed by atoms with E-state index in [1.54, 1.807) is 6.07 Å². The summed E-state index contributed by atoms with van der Waals surface area (Å²) in [6.07, 6.45) is 5.35. The van der Waals surface area contributed by atoms with E-state index in [0.717, 1.165) is 44.3 Å². The van der Waals surface area contributed by atoms with E-state index in [4.69, 9.17) is 24.2 Å². The van der Waals surface area contributed by atoms with Crippen molar-refractivity contribution < 1.29 is 4.74 Å². The van der Waals surface area contributed by atoms with E-state index in [1.165, 1.54) is 10.7 Å². The smallest absolute Gasteiger partial charge is 0.247 e. The van der Waals surface area contributed by atoms with Crippen LogP contribution in [0.3, 0.4) is 0 Å². The minimum atomic E-state index is -0.367. The number of ether oxygens (including phenoxy) is 1. The fourth-order valence-corrected chi connectivity index (χ4v) is 5.19. The molecule has 0 spiro atoms. The molecule has 2 saturated heterocycles. The first-order valence-corrected chi connectivity index (χ1v) is 12.4. The summed E-state index contributed by atoms with van der Waals surface area (Å²) >= 11 is 6.90. The Bertz CT molecular complexity index is 1410. The zero-order valence-electron chi connectivity index (χ0n) is 19.5. The normalized spacial score (nSPS) is 19.9. The van der Waals surface area contributed by atoms with Gasteiger partial charge in [-0.3, -0.25) is 0 Å². The minimum Gasteiger partial charge on any atom is -0.379 e. The molecule has 2 aromatic heterocycles. The van der Waals surface area contributed by atoms with Gasteiger partial charge in [0.15, 0.2) is 17.2 Å². The van der Waals surface area contributed by atoms with Crippen molar-refractivity contribution in [2.45, 2.75) is 43.1 Å². The highest BCUT2D eigenvalue weighted by Crippen LogP contribution is 2.40. The highest BCUT2D eigenvalue weighted by atomic mass is 35.5. The Kier molecular flexibility index (Phi) is 5.72. The Labute approximate surface area is 214 Å². The molecule has 0 unspecified atom stereocenters. The topological polar surface area (TPSA) is 127 Å². The summed E-state index contributed by atoms with van der Waals surface area (Å²) in [5.41, 5.74) is 2.39. The number of imidazole rings is 1. The summed E-state index contributed by atoms with van der Waals surface area (Å²) in [6.45, 7) is 2.80. The second-order valence-corrected chi connectivity index (χ2v) is 10.1. The van der Waals surface area contributed by atoms with Crippen LogP contribution in [0.5, 0.6) is 0 Å². The summed E-state index contributed by atoms with van der Waals surface area (Å²) in [4.78, 5) is 11.2. The lowest BCUT2D eigenvalue weighted by atomic mass is 9.72. The second-order valence-electron chi connectivity index (χ2n) is 9.71. The second kappa shape index (κ2) is 8.93. The average molecular weight is 500 g/mol. The van der Waals surface area contributed by atoms with Gasteiger partial charge in [0, 0.05) is 11.5 Å². The first-order valence-electron chi connectivity index (χ1n) is 12.0. The Hall–Kier alpha value is -3.38. The van der Waals surface area contributed by atoms with E-state index in [2.05, 4.69) is 42.7 Å². The largest absolute Gasteiger partial charge is 0.379 e. The molecule has 12 heteroatoms. The number of aromatic nitrogens is 4. The van der Waals surface area contributed by atoms with Gasteiger partial charge >= 0.3 is 0 Å². The van der Waals surface area contributed by atoms with Crippen LogP contribution in [0.4, 0.5) is 17.5 Å². The standard InChI is InChI=1S/C24H23BClN9O/c25-24(12-36-13-24)34-5-3-15(4-6-34)18-7-14(9-27)8-19(20(18)26)31-23-32-21(30-16-1-2-16)22-29-11-17(10-28)35(22)33-23/h7-8,11,15-16H,1-6,12-13H2,(H2,30,31,32,33). The number of rotatable bonds is 6. The lowest BCUT2D eigenvalue weighted by Crippen LogP contribution is -2.64. The maximum absolute atomic E-state index is 9.71. The van der Waals surface area contributed by atoms with Gasteiger partial charge in [-0.25, -0.2) is 4.98 Å². The van der Waals surface area contributed by atoms with Gasteiger partial charge in [-0.15, -0.1) is 5.10 Å². The molecule has 4 heterocycles. The predicted octanol–water partition coefficient (Wildman–Crippen LogP) is 2.91. The Morgan fingerprint density at radius 3 is 2.56 bits per heavy atom. The van der Waals surface area contributed by atoms with E-state index in [0.29, 0.717) is 52.7 Å². The molecule has 3 aliphatic rings. The number of fused-ring (bicyclic) bond motifs is 1. The highest BCUT2D eigenvalue weighted by Gasteiger charge is 2.40. The summed E-state index contributed by atoms with van der Waals surface area (Å²) in [5, 5.41) is 30.8. The number of nitrogens with zero attached hydrogens (tertiary/aromatic N) is 7. The van der Waals surface area contributed by atoms with Crippen LogP contribution in [-0.4, -0.2) is 70.1 Å². The van der Waals surface area contributed by atoms with Crippen molar-refractivity contribution in [2.75, 3.05) is 36.9 Å². The van der Waals surface area contributed by atoms with Crippen LogP contribution in [-0.2, 0) is 4.74 Å². The Morgan fingerprint density at radius 2 is 1.92 bits per heavy atom. The molecule has 10 nitrogen and oxygen atoms in total.